The largest absolute Gasteiger partial charge is 0.344 e. The number of rotatable bonds is 10. The second-order valence-electron chi connectivity index (χ2n) is 9.09. The maximum Gasteiger partial charge on any atom is 0.127 e. The van der Waals surface area contributed by atoms with Gasteiger partial charge in [0.25, 0.3) is 0 Å². The molecule has 0 aliphatic heterocycles. The third-order valence-electron chi connectivity index (χ3n) is 6.11. The van der Waals surface area contributed by atoms with Gasteiger partial charge < -0.3 is 11.9 Å². The molecule has 0 saturated heterocycles. The normalized spacial score (nSPS) is 11.5. The van der Waals surface area contributed by atoms with E-state index in [1.807, 2.05) is 30.6 Å². The van der Waals surface area contributed by atoms with Crippen LogP contribution in [0.15, 0.2) is 54.9 Å². The van der Waals surface area contributed by atoms with Crippen LogP contribution in [-0.2, 0) is 18.5 Å². The number of aryl methyl sites for hydroxylation is 2. The number of nitrogens with zero attached hydrogens (tertiary/aromatic N) is 3. The summed E-state index contributed by atoms with van der Waals surface area (Å²) < 4.78 is 14.7. The van der Waals surface area contributed by atoms with E-state index in [2.05, 4.69) is 49.7 Å². The molecule has 33 heavy (non-hydrogen) atoms. The van der Waals surface area contributed by atoms with Gasteiger partial charge in [0.05, 0.1) is 11.4 Å². The highest BCUT2D eigenvalue weighted by Crippen LogP contribution is 2.35. The van der Waals surface area contributed by atoms with E-state index in [1.165, 1.54) is 17.2 Å². The van der Waals surface area contributed by atoms with Crippen LogP contribution in [0.25, 0.3) is 0 Å². The van der Waals surface area contributed by atoms with Gasteiger partial charge in [-0.1, -0.05) is 44.2 Å². The lowest BCUT2D eigenvalue weighted by Crippen LogP contribution is -2.29. The number of benzene rings is 1. The standard InChI is InChI=1S/C27H35FN4.H3N/c1-20-16-21(2)25(31-17-20)18-32(15-8-7-13-29)19-26-23(11-9-14-30-26)27(3,4)22-10-5-6-12-24(22)28;/h5-6,9-12,14,16-17H,7-8,13,15,18-19,29H2,1-4H3;1H3. The molecule has 0 fully saturated rings. The Morgan fingerprint density at radius 1 is 0.939 bits per heavy atom. The number of halogens is 1. The second-order valence-corrected chi connectivity index (χ2v) is 9.09. The zero-order valence-electron chi connectivity index (χ0n) is 20.4. The van der Waals surface area contributed by atoms with Crippen LogP contribution in [0.2, 0.25) is 0 Å². The molecule has 6 heteroatoms. The number of aromatic nitrogens is 2. The quantitative estimate of drug-likeness (QED) is 0.399. The first-order chi connectivity index (χ1) is 15.3. The summed E-state index contributed by atoms with van der Waals surface area (Å²) >= 11 is 0. The van der Waals surface area contributed by atoms with Crippen molar-refractivity contribution in [2.24, 2.45) is 5.73 Å². The minimum Gasteiger partial charge on any atom is -0.344 e. The van der Waals surface area contributed by atoms with E-state index in [4.69, 9.17) is 10.7 Å². The first kappa shape index (κ1) is 26.6. The van der Waals surface area contributed by atoms with Gasteiger partial charge in [-0.05, 0) is 74.2 Å². The van der Waals surface area contributed by atoms with Gasteiger partial charge in [0.1, 0.15) is 5.82 Å². The average Bonchev–Trinajstić information content (AvgIpc) is 2.76. The van der Waals surface area contributed by atoms with Crippen LogP contribution in [0.4, 0.5) is 4.39 Å². The van der Waals surface area contributed by atoms with Crippen molar-refractivity contribution in [2.75, 3.05) is 13.1 Å². The van der Waals surface area contributed by atoms with Gasteiger partial charge >= 0.3 is 0 Å². The van der Waals surface area contributed by atoms with Gasteiger partial charge in [0, 0.05) is 30.9 Å². The Morgan fingerprint density at radius 3 is 2.33 bits per heavy atom. The fraction of sp³-hybridized carbons (Fsp3) is 0.407. The van der Waals surface area contributed by atoms with Gasteiger partial charge in [-0.3, -0.25) is 14.9 Å². The number of unbranched alkanes of at least 4 members (excludes halogenated alkanes) is 1. The molecule has 0 bridgehead atoms. The van der Waals surface area contributed by atoms with Crippen molar-refractivity contribution in [3.05, 3.63) is 94.3 Å². The van der Waals surface area contributed by atoms with Crippen LogP contribution in [0.3, 0.4) is 0 Å². The highest BCUT2D eigenvalue weighted by atomic mass is 19.1. The number of hydrogen-bond donors (Lipinski definition) is 2. The lowest BCUT2D eigenvalue weighted by atomic mass is 9.77. The molecule has 1 aromatic carbocycles. The number of pyridine rings is 2. The Balaban J connectivity index is 0.00000385. The molecule has 0 atom stereocenters. The van der Waals surface area contributed by atoms with Crippen molar-refractivity contribution in [1.29, 1.82) is 0 Å². The van der Waals surface area contributed by atoms with Crippen LogP contribution in [-0.4, -0.2) is 28.0 Å². The Morgan fingerprint density at radius 2 is 1.64 bits per heavy atom. The predicted molar refractivity (Wildman–Crippen MR) is 134 cm³/mol. The molecule has 5 nitrogen and oxygen atoms in total. The topological polar surface area (TPSA) is 90.0 Å². The summed E-state index contributed by atoms with van der Waals surface area (Å²) in [5, 5.41) is 0. The summed E-state index contributed by atoms with van der Waals surface area (Å²) in [6.45, 7) is 11.3. The zero-order chi connectivity index (χ0) is 23.1. The first-order valence-electron chi connectivity index (χ1n) is 11.4. The third-order valence-corrected chi connectivity index (χ3v) is 6.11. The molecule has 2 aromatic heterocycles. The van der Waals surface area contributed by atoms with E-state index in [0.29, 0.717) is 18.7 Å². The summed E-state index contributed by atoms with van der Waals surface area (Å²) in [5.74, 6) is -0.188. The lowest BCUT2D eigenvalue weighted by molar-refractivity contribution is 0.243. The Hall–Kier alpha value is -2.67. The molecular formula is C27H38FN5. The SMILES string of the molecule is Cc1cnc(CN(CCCCN)Cc2ncccc2C(C)(C)c2ccccc2F)c(C)c1.N. The van der Waals surface area contributed by atoms with Gasteiger partial charge in [0.15, 0.2) is 0 Å². The van der Waals surface area contributed by atoms with E-state index < -0.39 is 5.41 Å². The van der Waals surface area contributed by atoms with Gasteiger partial charge in [0.2, 0.25) is 0 Å². The molecule has 0 unspecified atom stereocenters. The third kappa shape index (κ3) is 6.67. The van der Waals surface area contributed by atoms with Crippen molar-refractivity contribution in [2.45, 2.75) is 59.0 Å². The van der Waals surface area contributed by atoms with Crippen molar-refractivity contribution in [1.82, 2.24) is 21.0 Å². The lowest BCUT2D eigenvalue weighted by Gasteiger charge is -2.30. The van der Waals surface area contributed by atoms with Crippen molar-refractivity contribution in [3.63, 3.8) is 0 Å². The minimum atomic E-state index is -0.504. The Bertz CT molecular complexity index is 1030. The highest BCUT2D eigenvalue weighted by Gasteiger charge is 2.29. The Kier molecular flexibility index (Phi) is 9.65. The average molecular weight is 452 g/mol. The molecule has 3 rings (SSSR count). The minimum absolute atomic E-state index is 0. The molecule has 178 valence electrons. The molecule has 0 aliphatic rings. The van der Waals surface area contributed by atoms with Gasteiger partial charge in [-0.2, -0.15) is 0 Å². The van der Waals surface area contributed by atoms with Crippen LogP contribution in [0.5, 0.6) is 0 Å². The van der Waals surface area contributed by atoms with Crippen molar-refractivity contribution < 1.29 is 4.39 Å². The van der Waals surface area contributed by atoms with E-state index in [1.54, 1.807) is 6.07 Å². The van der Waals surface area contributed by atoms with Crippen molar-refractivity contribution >= 4 is 0 Å². The molecule has 0 aliphatic carbocycles. The summed E-state index contributed by atoms with van der Waals surface area (Å²) in [4.78, 5) is 11.8. The fourth-order valence-corrected chi connectivity index (χ4v) is 4.27. The molecule has 5 N–H and O–H groups in total. The maximum atomic E-state index is 14.7. The zero-order valence-corrected chi connectivity index (χ0v) is 20.4. The predicted octanol–water partition coefficient (Wildman–Crippen LogP) is 5.46. The fourth-order valence-electron chi connectivity index (χ4n) is 4.27. The summed E-state index contributed by atoms with van der Waals surface area (Å²) in [6, 6.07) is 13.2. The molecule has 3 aromatic rings. The highest BCUT2D eigenvalue weighted by molar-refractivity contribution is 5.40. The molecule has 0 spiro atoms. The molecule has 0 amide bonds. The molecule has 0 saturated carbocycles. The summed E-state index contributed by atoms with van der Waals surface area (Å²) in [6.07, 6.45) is 5.74. The first-order valence-corrected chi connectivity index (χ1v) is 11.4. The Labute approximate surface area is 197 Å². The smallest absolute Gasteiger partial charge is 0.127 e. The van der Waals surface area contributed by atoms with Crippen LogP contribution < -0.4 is 11.9 Å². The maximum absolute atomic E-state index is 14.7. The van der Waals surface area contributed by atoms with E-state index >= 15 is 0 Å². The van der Waals surface area contributed by atoms with Gasteiger partial charge in [-0.25, -0.2) is 4.39 Å². The molecule has 2 heterocycles. The summed E-state index contributed by atoms with van der Waals surface area (Å²) in [5.41, 5.74) is 11.4. The van der Waals surface area contributed by atoms with Gasteiger partial charge in [-0.15, -0.1) is 0 Å². The van der Waals surface area contributed by atoms with Crippen LogP contribution >= 0.6 is 0 Å². The van der Waals surface area contributed by atoms with E-state index in [-0.39, 0.29) is 12.0 Å². The van der Waals surface area contributed by atoms with Crippen LogP contribution in [0, 0.1) is 19.7 Å². The van der Waals surface area contributed by atoms with E-state index in [0.717, 1.165) is 42.9 Å². The molecule has 0 radical (unpaired) electrons. The second kappa shape index (κ2) is 12.0. The summed E-state index contributed by atoms with van der Waals surface area (Å²) in [7, 11) is 0. The molecular weight excluding hydrogens is 413 g/mol. The van der Waals surface area contributed by atoms with Crippen molar-refractivity contribution in [3.8, 4) is 0 Å². The van der Waals surface area contributed by atoms with E-state index in [9.17, 15) is 4.39 Å². The number of nitrogens with two attached hydrogens (primary N) is 1. The monoisotopic (exact) mass is 451 g/mol. The van der Waals surface area contributed by atoms with Crippen LogP contribution in [0.1, 0.15) is 60.3 Å². The number of hydrogen-bond acceptors (Lipinski definition) is 5.